The van der Waals surface area contributed by atoms with E-state index in [1.807, 2.05) is 48.5 Å². The van der Waals surface area contributed by atoms with Gasteiger partial charge >= 0.3 is 5.97 Å². The van der Waals surface area contributed by atoms with Crippen molar-refractivity contribution in [1.82, 2.24) is 4.57 Å². The van der Waals surface area contributed by atoms with Crippen LogP contribution in [0.3, 0.4) is 0 Å². The number of allylic oxidation sites excluding steroid dienone is 1. The first-order valence-corrected chi connectivity index (χ1v) is 13.6. The monoisotopic (exact) mass is 592 g/mol. The number of carbonyl (C=O) groups excluding carboxylic acids is 1. The molecule has 2 aromatic carbocycles. The molecule has 38 heavy (non-hydrogen) atoms. The van der Waals surface area contributed by atoms with Crippen molar-refractivity contribution in [2.45, 2.75) is 32.9 Å². The quantitative estimate of drug-likeness (QED) is 0.287. The molecule has 0 saturated carbocycles. The van der Waals surface area contributed by atoms with E-state index in [4.69, 9.17) is 13.9 Å². The highest BCUT2D eigenvalue weighted by molar-refractivity contribution is 9.10. The zero-order valence-electron chi connectivity index (χ0n) is 21.2. The van der Waals surface area contributed by atoms with Crippen LogP contribution in [0, 0.1) is 0 Å². The number of rotatable bonds is 6. The average Bonchev–Trinajstić information content (AvgIpc) is 3.47. The van der Waals surface area contributed by atoms with Gasteiger partial charge in [-0.25, -0.2) is 9.79 Å². The lowest BCUT2D eigenvalue weighted by Gasteiger charge is -2.25. The van der Waals surface area contributed by atoms with Crippen LogP contribution in [0.2, 0.25) is 0 Å². The Hall–Kier alpha value is -3.69. The van der Waals surface area contributed by atoms with Gasteiger partial charge in [-0.15, -0.1) is 0 Å². The van der Waals surface area contributed by atoms with Crippen molar-refractivity contribution in [3.05, 3.63) is 107 Å². The number of carbonyl (C=O) groups is 1. The summed E-state index contributed by atoms with van der Waals surface area (Å²) >= 11 is 4.73. The molecule has 0 spiro atoms. The van der Waals surface area contributed by atoms with E-state index in [-0.39, 0.29) is 11.7 Å². The number of aromatic nitrogens is 1. The van der Waals surface area contributed by atoms with Crippen molar-refractivity contribution in [3.63, 3.8) is 0 Å². The number of hydrogen-bond acceptors (Lipinski definition) is 7. The molecule has 0 amide bonds. The van der Waals surface area contributed by atoms with Crippen LogP contribution in [0.15, 0.2) is 90.6 Å². The summed E-state index contributed by atoms with van der Waals surface area (Å²) in [5, 5.41) is 0. The SMILES string of the molecule is COc1ccc([C@H]2C(C(=O)OC(C)C)=C(C)N=c3s/c(=C/c4ccc(-c5cccc(Br)c5)o4)c(=O)n32)cc1. The highest BCUT2D eigenvalue weighted by Gasteiger charge is 2.33. The molecular formula is C29H25BrN2O5S. The molecule has 0 unspecified atom stereocenters. The summed E-state index contributed by atoms with van der Waals surface area (Å²) in [6.07, 6.45) is 1.39. The molecule has 3 heterocycles. The highest BCUT2D eigenvalue weighted by atomic mass is 79.9. The first-order chi connectivity index (χ1) is 18.2. The molecule has 1 aliphatic heterocycles. The van der Waals surface area contributed by atoms with Gasteiger partial charge in [0.05, 0.1) is 35.1 Å². The fourth-order valence-electron chi connectivity index (χ4n) is 4.32. The van der Waals surface area contributed by atoms with E-state index >= 15 is 0 Å². The predicted octanol–water partition coefficient (Wildman–Crippen LogP) is 5.22. The van der Waals surface area contributed by atoms with Crippen molar-refractivity contribution >= 4 is 39.3 Å². The minimum Gasteiger partial charge on any atom is -0.497 e. The van der Waals surface area contributed by atoms with Gasteiger partial charge < -0.3 is 13.9 Å². The molecule has 1 aliphatic rings. The number of methoxy groups -OCH3 is 1. The maximum absolute atomic E-state index is 13.8. The summed E-state index contributed by atoms with van der Waals surface area (Å²) in [6.45, 7) is 5.34. The van der Waals surface area contributed by atoms with E-state index in [1.165, 1.54) is 11.3 Å². The van der Waals surface area contributed by atoms with Gasteiger partial charge in [-0.1, -0.05) is 51.5 Å². The van der Waals surface area contributed by atoms with Crippen LogP contribution in [-0.2, 0) is 9.53 Å². The lowest BCUT2D eigenvalue weighted by molar-refractivity contribution is -0.143. The topological polar surface area (TPSA) is 83.0 Å². The fraction of sp³-hybridized carbons (Fsp3) is 0.207. The van der Waals surface area contributed by atoms with Crippen LogP contribution in [0.25, 0.3) is 17.4 Å². The zero-order chi connectivity index (χ0) is 27.0. The van der Waals surface area contributed by atoms with Crippen LogP contribution in [0.5, 0.6) is 5.75 Å². The summed E-state index contributed by atoms with van der Waals surface area (Å²) in [4.78, 5) is 32.1. The smallest absolute Gasteiger partial charge is 0.338 e. The number of nitrogens with zero attached hydrogens (tertiary/aromatic N) is 2. The molecular weight excluding hydrogens is 568 g/mol. The molecule has 9 heteroatoms. The number of ether oxygens (including phenoxy) is 2. The Bertz CT molecular complexity index is 1730. The van der Waals surface area contributed by atoms with E-state index in [2.05, 4.69) is 20.9 Å². The van der Waals surface area contributed by atoms with Crippen LogP contribution < -0.4 is 19.6 Å². The zero-order valence-corrected chi connectivity index (χ0v) is 23.6. The van der Waals surface area contributed by atoms with Gasteiger partial charge in [-0.3, -0.25) is 9.36 Å². The van der Waals surface area contributed by atoms with Crippen LogP contribution >= 0.6 is 27.3 Å². The first kappa shape index (κ1) is 25.9. The van der Waals surface area contributed by atoms with Gasteiger partial charge in [-0.05, 0) is 62.7 Å². The van der Waals surface area contributed by atoms with Crippen molar-refractivity contribution in [1.29, 1.82) is 0 Å². The summed E-state index contributed by atoms with van der Waals surface area (Å²) in [7, 11) is 1.59. The third kappa shape index (κ3) is 5.04. The molecule has 2 aromatic heterocycles. The second-order valence-electron chi connectivity index (χ2n) is 9.02. The van der Waals surface area contributed by atoms with Crippen molar-refractivity contribution in [3.8, 4) is 17.1 Å². The predicted molar refractivity (Wildman–Crippen MR) is 150 cm³/mol. The molecule has 0 radical (unpaired) electrons. The Morgan fingerprint density at radius 2 is 1.92 bits per heavy atom. The lowest BCUT2D eigenvalue weighted by atomic mass is 9.96. The molecule has 0 saturated heterocycles. The van der Waals surface area contributed by atoms with E-state index in [0.29, 0.717) is 37.9 Å². The lowest BCUT2D eigenvalue weighted by Crippen LogP contribution is -2.40. The minimum atomic E-state index is -0.695. The number of esters is 1. The average molecular weight is 593 g/mol. The maximum Gasteiger partial charge on any atom is 0.338 e. The number of benzene rings is 2. The first-order valence-electron chi connectivity index (χ1n) is 12.0. The third-order valence-corrected chi connectivity index (χ3v) is 7.50. The van der Waals surface area contributed by atoms with Crippen LogP contribution in [0.4, 0.5) is 0 Å². The minimum absolute atomic E-state index is 0.266. The number of halogens is 1. The van der Waals surface area contributed by atoms with Gasteiger partial charge in [-0.2, -0.15) is 0 Å². The number of fused-ring (bicyclic) bond motifs is 1. The summed E-state index contributed by atoms with van der Waals surface area (Å²) < 4.78 is 19.8. The summed E-state index contributed by atoms with van der Waals surface area (Å²) in [5.74, 6) is 1.41. The molecule has 194 valence electrons. The number of hydrogen-bond donors (Lipinski definition) is 0. The van der Waals surface area contributed by atoms with E-state index < -0.39 is 12.0 Å². The molecule has 0 bridgehead atoms. The van der Waals surface area contributed by atoms with E-state index in [9.17, 15) is 9.59 Å². The molecule has 5 rings (SSSR count). The van der Waals surface area contributed by atoms with Gasteiger partial charge in [0, 0.05) is 16.1 Å². The van der Waals surface area contributed by atoms with Crippen LogP contribution in [-0.4, -0.2) is 23.8 Å². The molecule has 1 atom stereocenters. The Balaban J connectivity index is 1.63. The van der Waals surface area contributed by atoms with Gasteiger partial charge in [0.25, 0.3) is 5.56 Å². The molecule has 7 nitrogen and oxygen atoms in total. The van der Waals surface area contributed by atoms with Gasteiger partial charge in [0.1, 0.15) is 17.3 Å². The second-order valence-corrected chi connectivity index (χ2v) is 10.9. The molecule has 0 fully saturated rings. The molecule has 0 N–H and O–H groups in total. The van der Waals surface area contributed by atoms with E-state index in [0.717, 1.165) is 15.6 Å². The highest BCUT2D eigenvalue weighted by Crippen LogP contribution is 2.32. The standard InChI is InChI=1S/C29H25BrN2O5S/c1-16(2)36-28(34)25-17(3)31-29-32(26(25)18-8-10-21(35-4)11-9-18)27(33)24(38-29)15-22-12-13-23(37-22)19-6-5-7-20(30)14-19/h5-16,26H,1-4H3/b24-15+/t26-/m0/s1. The Kier molecular flexibility index (Phi) is 7.23. The number of thiazole rings is 1. The number of furan rings is 1. The van der Waals surface area contributed by atoms with Gasteiger partial charge in [0.2, 0.25) is 0 Å². The van der Waals surface area contributed by atoms with Crippen LogP contribution in [0.1, 0.15) is 38.1 Å². The Morgan fingerprint density at radius 3 is 2.61 bits per heavy atom. The molecule has 4 aromatic rings. The van der Waals surface area contributed by atoms with Crippen molar-refractivity contribution in [2.24, 2.45) is 4.99 Å². The van der Waals surface area contributed by atoms with E-state index in [1.54, 1.807) is 50.7 Å². The maximum atomic E-state index is 13.8. The fourth-order valence-corrected chi connectivity index (χ4v) is 5.74. The van der Waals surface area contributed by atoms with Gasteiger partial charge in [0.15, 0.2) is 4.80 Å². The normalized spacial score (nSPS) is 15.4. The Labute approximate surface area is 231 Å². The third-order valence-electron chi connectivity index (χ3n) is 6.03. The summed E-state index contributed by atoms with van der Waals surface area (Å²) in [5.41, 5.74) is 2.25. The Morgan fingerprint density at radius 1 is 1.16 bits per heavy atom. The molecule has 0 aliphatic carbocycles. The second kappa shape index (κ2) is 10.6. The largest absolute Gasteiger partial charge is 0.497 e. The van der Waals surface area contributed by atoms with Crippen molar-refractivity contribution < 1.29 is 18.7 Å². The van der Waals surface area contributed by atoms with Crippen molar-refractivity contribution in [2.75, 3.05) is 7.11 Å². The summed E-state index contributed by atoms with van der Waals surface area (Å²) in [6, 6.07) is 18.1.